The standard InChI is InChI=1S/C37H36ClN5O5S2/c1-37(2,3)48-31(45)8-5-7-30(44)47-20-19-46-28-15-11-24(12-16-28)32-29(21-39)36(42-34(33(32)40-4)43-17-6-18-43)50-23-27-22-49-35(41-27)25-9-13-26(38)14-10-25/h9-16,22H,5-8,17-20,23H2,1-3H3. The summed E-state index contributed by atoms with van der Waals surface area (Å²) >= 11 is 9.02. The van der Waals surface area contributed by atoms with Gasteiger partial charge in [0.25, 0.3) is 0 Å². The van der Waals surface area contributed by atoms with Crippen molar-refractivity contribution in [1.82, 2.24) is 9.97 Å². The maximum absolute atomic E-state index is 12.1. The van der Waals surface area contributed by atoms with Gasteiger partial charge in [-0.05, 0) is 63.4 Å². The lowest BCUT2D eigenvalue weighted by atomic mass is 9.99. The van der Waals surface area contributed by atoms with Crippen molar-refractivity contribution in [1.29, 1.82) is 5.26 Å². The molecule has 0 aliphatic carbocycles. The second kappa shape index (κ2) is 16.9. The third-order valence-electron chi connectivity index (χ3n) is 7.44. The maximum Gasteiger partial charge on any atom is 0.306 e. The third kappa shape index (κ3) is 9.75. The number of esters is 2. The van der Waals surface area contributed by atoms with Gasteiger partial charge in [-0.25, -0.2) is 14.8 Å². The van der Waals surface area contributed by atoms with Crippen LogP contribution in [0.5, 0.6) is 5.75 Å². The van der Waals surface area contributed by atoms with Gasteiger partial charge in [0, 0.05) is 53.2 Å². The maximum atomic E-state index is 12.1. The quantitative estimate of drug-likeness (QED) is 0.0539. The second-order valence-corrected chi connectivity index (χ2v) is 14.6. The molecular weight excluding hydrogens is 694 g/mol. The molecule has 50 heavy (non-hydrogen) atoms. The number of thioether (sulfide) groups is 1. The Balaban J connectivity index is 1.24. The molecule has 10 nitrogen and oxygen atoms in total. The van der Waals surface area contributed by atoms with E-state index in [9.17, 15) is 14.9 Å². The van der Waals surface area contributed by atoms with E-state index in [-0.39, 0.29) is 32.0 Å². The van der Waals surface area contributed by atoms with Crippen molar-refractivity contribution in [3.05, 3.63) is 81.6 Å². The number of thiazole rings is 1. The van der Waals surface area contributed by atoms with Gasteiger partial charge in [0.1, 0.15) is 46.5 Å². The summed E-state index contributed by atoms with van der Waals surface area (Å²) in [6.07, 6.45) is 1.61. The predicted molar refractivity (Wildman–Crippen MR) is 196 cm³/mol. The van der Waals surface area contributed by atoms with Gasteiger partial charge in [0.2, 0.25) is 5.69 Å². The molecule has 1 aliphatic rings. The van der Waals surface area contributed by atoms with Gasteiger partial charge in [0.05, 0.1) is 17.8 Å². The minimum atomic E-state index is -0.561. The Morgan fingerprint density at radius 3 is 2.38 bits per heavy atom. The molecule has 0 bridgehead atoms. The highest BCUT2D eigenvalue weighted by Gasteiger charge is 2.27. The molecule has 2 aromatic heterocycles. The minimum absolute atomic E-state index is 0.0534. The molecular formula is C37H36ClN5O5S2. The molecule has 0 spiro atoms. The third-order valence-corrected chi connectivity index (χ3v) is 9.64. The van der Waals surface area contributed by atoms with E-state index >= 15 is 0 Å². The highest BCUT2D eigenvalue weighted by atomic mass is 35.5. The first-order valence-corrected chi connectivity index (χ1v) is 18.3. The van der Waals surface area contributed by atoms with Crippen molar-refractivity contribution >= 4 is 58.1 Å². The van der Waals surface area contributed by atoms with Crippen molar-refractivity contribution in [3.63, 3.8) is 0 Å². The Bertz CT molecular complexity index is 1910. The van der Waals surface area contributed by atoms with E-state index < -0.39 is 11.6 Å². The number of anilines is 1. The van der Waals surface area contributed by atoms with Gasteiger partial charge in [-0.2, -0.15) is 5.26 Å². The zero-order valence-corrected chi connectivity index (χ0v) is 30.4. The number of nitrogens with zero attached hydrogens (tertiary/aromatic N) is 5. The minimum Gasteiger partial charge on any atom is -0.490 e. The van der Waals surface area contributed by atoms with Crippen LogP contribution in [0.25, 0.3) is 26.5 Å². The van der Waals surface area contributed by atoms with Crippen LogP contribution in [-0.4, -0.2) is 53.8 Å². The van der Waals surface area contributed by atoms with Gasteiger partial charge in [-0.15, -0.1) is 11.3 Å². The molecule has 0 N–H and O–H groups in total. The van der Waals surface area contributed by atoms with E-state index in [2.05, 4.69) is 15.8 Å². The topological polar surface area (TPSA) is 119 Å². The molecule has 0 saturated carbocycles. The zero-order chi connectivity index (χ0) is 35.7. The molecule has 2 aromatic carbocycles. The lowest BCUT2D eigenvalue weighted by Crippen LogP contribution is -2.37. The van der Waals surface area contributed by atoms with E-state index in [0.717, 1.165) is 35.8 Å². The average Bonchev–Trinajstić information content (AvgIpc) is 3.53. The molecule has 258 valence electrons. The molecule has 3 heterocycles. The zero-order valence-electron chi connectivity index (χ0n) is 28.0. The van der Waals surface area contributed by atoms with Crippen LogP contribution >= 0.6 is 34.7 Å². The number of benzene rings is 2. The summed E-state index contributed by atoms with van der Waals surface area (Å²) in [4.78, 5) is 39.5. The normalized spacial score (nSPS) is 12.4. The monoisotopic (exact) mass is 729 g/mol. The number of hydrogen-bond acceptors (Lipinski definition) is 11. The Morgan fingerprint density at radius 1 is 1.04 bits per heavy atom. The highest BCUT2D eigenvalue weighted by Crippen LogP contribution is 2.45. The van der Waals surface area contributed by atoms with Crippen LogP contribution in [0, 0.1) is 17.9 Å². The Kier molecular flexibility index (Phi) is 12.4. The summed E-state index contributed by atoms with van der Waals surface area (Å²) in [7, 11) is 0. The summed E-state index contributed by atoms with van der Waals surface area (Å²) in [5.74, 6) is 0.869. The molecule has 5 rings (SSSR count). The first-order valence-electron chi connectivity index (χ1n) is 16.1. The van der Waals surface area contributed by atoms with E-state index in [0.29, 0.717) is 56.2 Å². The fraction of sp³-hybridized carbons (Fsp3) is 0.351. The number of ether oxygens (including phenoxy) is 3. The van der Waals surface area contributed by atoms with Crippen LogP contribution in [0.1, 0.15) is 57.7 Å². The van der Waals surface area contributed by atoms with Crippen LogP contribution in [0.2, 0.25) is 5.02 Å². The molecule has 1 aliphatic heterocycles. The number of nitriles is 1. The van der Waals surface area contributed by atoms with Gasteiger partial charge >= 0.3 is 11.9 Å². The van der Waals surface area contributed by atoms with E-state index in [4.69, 9.17) is 42.4 Å². The number of halogens is 1. The summed E-state index contributed by atoms with van der Waals surface area (Å²) in [6, 6.07) is 17.0. The lowest BCUT2D eigenvalue weighted by Gasteiger charge is -2.34. The predicted octanol–water partition coefficient (Wildman–Crippen LogP) is 8.88. The van der Waals surface area contributed by atoms with Crippen molar-refractivity contribution in [2.24, 2.45) is 0 Å². The average molecular weight is 730 g/mol. The number of pyridine rings is 1. The summed E-state index contributed by atoms with van der Waals surface area (Å²) in [5, 5.41) is 14.5. The fourth-order valence-electron chi connectivity index (χ4n) is 5.00. The lowest BCUT2D eigenvalue weighted by molar-refractivity contribution is -0.155. The Labute approximate surface area is 305 Å². The second-order valence-electron chi connectivity index (χ2n) is 12.4. The molecule has 0 atom stereocenters. The number of carbonyl (C=O) groups is 2. The van der Waals surface area contributed by atoms with E-state index in [1.807, 2.05) is 41.8 Å². The van der Waals surface area contributed by atoms with Crippen molar-refractivity contribution in [2.45, 2.75) is 62.8 Å². The van der Waals surface area contributed by atoms with Crippen LogP contribution < -0.4 is 9.64 Å². The van der Waals surface area contributed by atoms with E-state index in [1.54, 1.807) is 44.2 Å². The number of rotatable bonds is 14. The fourth-order valence-corrected chi connectivity index (χ4v) is 6.93. The van der Waals surface area contributed by atoms with Crippen molar-refractivity contribution in [2.75, 3.05) is 31.2 Å². The van der Waals surface area contributed by atoms with Crippen LogP contribution in [0.4, 0.5) is 11.5 Å². The van der Waals surface area contributed by atoms with E-state index in [1.165, 1.54) is 11.8 Å². The number of hydrogen-bond donors (Lipinski definition) is 0. The Morgan fingerprint density at radius 2 is 1.74 bits per heavy atom. The van der Waals surface area contributed by atoms with Crippen molar-refractivity contribution in [3.8, 4) is 33.5 Å². The molecule has 4 aromatic rings. The van der Waals surface area contributed by atoms with Gasteiger partial charge < -0.3 is 19.1 Å². The smallest absolute Gasteiger partial charge is 0.306 e. The first-order chi connectivity index (χ1) is 24.0. The van der Waals surface area contributed by atoms with Crippen LogP contribution in [0.15, 0.2) is 58.9 Å². The highest BCUT2D eigenvalue weighted by molar-refractivity contribution is 7.98. The number of carbonyl (C=O) groups excluding carboxylic acids is 2. The summed E-state index contributed by atoms with van der Waals surface area (Å²) in [5.41, 5.74) is 3.20. The van der Waals surface area contributed by atoms with Gasteiger partial charge in [-0.1, -0.05) is 47.6 Å². The van der Waals surface area contributed by atoms with Crippen molar-refractivity contribution < 1.29 is 23.8 Å². The van der Waals surface area contributed by atoms with Gasteiger partial charge in [0.15, 0.2) is 0 Å². The largest absolute Gasteiger partial charge is 0.490 e. The molecule has 1 saturated heterocycles. The summed E-state index contributed by atoms with van der Waals surface area (Å²) < 4.78 is 16.3. The Hall–Kier alpha value is -4.62. The SMILES string of the molecule is [C-]#[N+]c1c(N2CCC2)nc(SCc2csc(-c3ccc(Cl)cc3)n2)c(C#N)c1-c1ccc(OCCOC(=O)CCCC(=O)OC(C)(C)C)cc1. The molecule has 0 amide bonds. The van der Waals surface area contributed by atoms with Gasteiger partial charge in [-0.3, -0.25) is 9.59 Å². The number of aromatic nitrogens is 2. The molecule has 13 heteroatoms. The first kappa shape index (κ1) is 36.7. The molecule has 0 radical (unpaired) electrons. The van der Waals surface area contributed by atoms with Crippen LogP contribution in [0.3, 0.4) is 0 Å². The molecule has 0 unspecified atom stereocenters. The van der Waals surface area contributed by atoms with Crippen LogP contribution in [-0.2, 0) is 24.8 Å². The summed E-state index contributed by atoms with van der Waals surface area (Å²) in [6.45, 7) is 15.2. The molecule has 1 fully saturated rings.